The number of nitrogens with zero attached hydrogens (tertiary/aromatic N) is 1. The van der Waals surface area contributed by atoms with Crippen molar-refractivity contribution >= 4 is 27.7 Å². The van der Waals surface area contributed by atoms with Gasteiger partial charge in [0.25, 0.3) is 5.91 Å². The largest absolute Gasteiger partial charge is 0.457 e. The number of amidine groups is 1. The van der Waals surface area contributed by atoms with Crippen LogP contribution in [0.2, 0.25) is 0 Å². The molecule has 0 aliphatic heterocycles. The van der Waals surface area contributed by atoms with Gasteiger partial charge in [-0.2, -0.15) is 0 Å². The molecular weight excluding hydrogens is 290 g/mol. The zero-order valence-electron chi connectivity index (χ0n) is 9.53. The number of nitrogens with two attached hydrogens (primary N) is 1. The van der Waals surface area contributed by atoms with Gasteiger partial charge in [-0.05, 0) is 22.0 Å². The lowest BCUT2D eigenvalue weighted by Crippen LogP contribution is -2.42. The molecule has 7 heteroatoms. The van der Waals surface area contributed by atoms with Crippen LogP contribution < -0.4 is 11.1 Å². The van der Waals surface area contributed by atoms with Crippen molar-refractivity contribution < 1.29 is 14.4 Å². The van der Waals surface area contributed by atoms with Crippen molar-refractivity contribution in [2.24, 2.45) is 16.3 Å². The molecule has 0 aliphatic rings. The molecule has 0 spiro atoms. The van der Waals surface area contributed by atoms with Crippen molar-refractivity contribution in [3.63, 3.8) is 0 Å². The predicted octanol–water partition coefficient (Wildman–Crippen LogP) is 1.54. The highest BCUT2D eigenvalue weighted by atomic mass is 79.9. The molecule has 0 aliphatic carbocycles. The Bertz CT molecular complexity index is 440. The number of nitrogens with one attached hydrogen (secondary N) is 1. The van der Waals surface area contributed by atoms with Gasteiger partial charge < -0.3 is 20.7 Å². The summed E-state index contributed by atoms with van der Waals surface area (Å²) in [5.74, 6) is -0.228. The standard InChI is InChI=1S/C10H14BrN3O3/c1-10(2,9(12)14-16)5-13-8(15)6-3-4-17-7(6)11/h3-4,16H,5H2,1-2H3,(H2,12,14)(H,13,15). The van der Waals surface area contributed by atoms with Gasteiger partial charge in [-0.15, -0.1) is 0 Å². The molecule has 17 heavy (non-hydrogen) atoms. The lowest BCUT2D eigenvalue weighted by Gasteiger charge is -2.22. The number of furan rings is 1. The topological polar surface area (TPSA) is 101 Å². The Kier molecular flexibility index (Phi) is 4.17. The maximum absolute atomic E-state index is 11.7. The minimum Gasteiger partial charge on any atom is -0.457 e. The SMILES string of the molecule is CC(C)(CNC(=O)c1ccoc1Br)/C(N)=N/O. The number of halogens is 1. The second-order valence-electron chi connectivity index (χ2n) is 4.16. The Morgan fingerprint density at radius 3 is 2.82 bits per heavy atom. The summed E-state index contributed by atoms with van der Waals surface area (Å²) in [4.78, 5) is 11.7. The number of oxime groups is 1. The van der Waals surface area contributed by atoms with E-state index in [1.54, 1.807) is 19.9 Å². The summed E-state index contributed by atoms with van der Waals surface area (Å²) < 4.78 is 5.33. The lowest BCUT2D eigenvalue weighted by molar-refractivity contribution is 0.0942. The monoisotopic (exact) mass is 303 g/mol. The number of carbonyl (C=O) groups is 1. The van der Waals surface area contributed by atoms with Gasteiger partial charge >= 0.3 is 0 Å². The summed E-state index contributed by atoms with van der Waals surface area (Å²) in [6.07, 6.45) is 1.41. The van der Waals surface area contributed by atoms with Crippen molar-refractivity contribution in [3.05, 3.63) is 22.6 Å². The average molecular weight is 304 g/mol. The third-order valence-electron chi connectivity index (χ3n) is 2.35. The van der Waals surface area contributed by atoms with Crippen LogP contribution in [0.5, 0.6) is 0 Å². The molecule has 0 radical (unpaired) electrons. The summed E-state index contributed by atoms with van der Waals surface area (Å²) in [6.45, 7) is 3.76. The van der Waals surface area contributed by atoms with Crippen molar-refractivity contribution in [1.82, 2.24) is 5.32 Å². The first-order valence-corrected chi connectivity index (χ1v) is 5.67. The molecule has 0 bridgehead atoms. The second kappa shape index (κ2) is 5.22. The van der Waals surface area contributed by atoms with Crippen LogP contribution in [-0.4, -0.2) is 23.5 Å². The molecular formula is C10H14BrN3O3. The summed E-state index contributed by atoms with van der Waals surface area (Å²) in [5, 5.41) is 14.2. The Morgan fingerprint density at radius 2 is 2.35 bits per heavy atom. The lowest BCUT2D eigenvalue weighted by atomic mass is 9.92. The van der Waals surface area contributed by atoms with Crippen molar-refractivity contribution in [2.45, 2.75) is 13.8 Å². The Morgan fingerprint density at radius 1 is 1.71 bits per heavy atom. The first kappa shape index (κ1) is 13.6. The van der Waals surface area contributed by atoms with E-state index in [1.165, 1.54) is 6.26 Å². The van der Waals surface area contributed by atoms with Crippen LogP contribution in [-0.2, 0) is 0 Å². The average Bonchev–Trinajstić information content (AvgIpc) is 2.71. The maximum atomic E-state index is 11.7. The normalized spacial score (nSPS) is 12.5. The smallest absolute Gasteiger partial charge is 0.255 e. The van der Waals surface area contributed by atoms with Crippen LogP contribution in [0.1, 0.15) is 24.2 Å². The zero-order chi connectivity index (χ0) is 13.1. The van der Waals surface area contributed by atoms with Gasteiger partial charge in [-0.3, -0.25) is 4.79 Å². The molecule has 0 saturated heterocycles. The first-order valence-electron chi connectivity index (χ1n) is 4.87. The fourth-order valence-corrected chi connectivity index (χ4v) is 1.50. The summed E-state index contributed by atoms with van der Waals surface area (Å²) in [6, 6.07) is 1.55. The number of rotatable bonds is 4. The molecule has 0 atom stereocenters. The molecule has 1 aromatic heterocycles. The van der Waals surface area contributed by atoms with Gasteiger partial charge in [-0.1, -0.05) is 19.0 Å². The number of hydrogen-bond donors (Lipinski definition) is 3. The number of carbonyl (C=O) groups excluding carboxylic acids is 1. The van der Waals surface area contributed by atoms with Crippen molar-refractivity contribution in [1.29, 1.82) is 0 Å². The molecule has 0 saturated carbocycles. The molecule has 0 fully saturated rings. The van der Waals surface area contributed by atoms with Crippen LogP contribution in [0.4, 0.5) is 0 Å². The highest BCUT2D eigenvalue weighted by Gasteiger charge is 2.25. The summed E-state index contributed by atoms with van der Waals surface area (Å²) >= 11 is 3.11. The van der Waals surface area contributed by atoms with Crippen molar-refractivity contribution in [3.8, 4) is 0 Å². The quantitative estimate of drug-likeness (QED) is 0.340. The molecule has 94 valence electrons. The van der Waals surface area contributed by atoms with Gasteiger partial charge in [0.15, 0.2) is 4.67 Å². The third kappa shape index (κ3) is 3.23. The molecule has 0 unspecified atom stereocenters. The molecule has 6 nitrogen and oxygen atoms in total. The van der Waals surface area contributed by atoms with Crippen LogP contribution in [0.25, 0.3) is 0 Å². The first-order chi connectivity index (χ1) is 7.88. The van der Waals surface area contributed by atoms with E-state index in [0.29, 0.717) is 10.2 Å². The van der Waals surface area contributed by atoms with E-state index >= 15 is 0 Å². The van der Waals surface area contributed by atoms with E-state index in [1.807, 2.05) is 0 Å². The molecule has 1 rings (SSSR count). The highest BCUT2D eigenvalue weighted by Crippen LogP contribution is 2.18. The minimum absolute atomic E-state index is 0.0593. The van der Waals surface area contributed by atoms with Crippen LogP contribution >= 0.6 is 15.9 Å². The van der Waals surface area contributed by atoms with Gasteiger partial charge in [0.2, 0.25) is 0 Å². The van der Waals surface area contributed by atoms with Crippen LogP contribution in [0, 0.1) is 5.41 Å². The number of hydrogen-bond acceptors (Lipinski definition) is 4. The van der Waals surface area contributed by atoms with Gasteiger partial charge in [0, 0.05) is 12.0 Å². The van der Waals surface area contributed by atoms with Gasteiger partial charge in [0.1, 0.15) is 5.84 Å². The van der Waals surface area contributed by atoms with Gasteiger partial charge in [-0.25, -0.2) is 0 Å². The molecule has 4 N–H and O–H groups in total. The van der Waals surface area contributed by atoms with E-state index in [-0.39, 0.29) is 18.3 Å². The molecule has 1 heterocycles. The van der Waals surface area contributed by atoms with E-state index in [4.69, 9.17) is 15.4 Å². The van der Waals surface area contributed by atoms with Crippen molar-refractivity contribution in [2.75, 3.05) is 6.54 Å². The maximum Gasteiger partial charge on any atom is 0.255 e. The predicted molar refractivity (Wildman–Crippen MR) is 65.9 cm³/mol. The minimum atomic E-state index is -0.624. The van der Waals surface area contributed by atoms with E-state index in [9.17, 15) is 4.79 Å². The second-order valence-corrected chi connectivity index (χ2v) is 4.88. The highest BCUT2D eigenvalue weighted by molar-refractivity contribution is 9.10. The fraction of sp³-hybridized carbons (Fsp3) is 0.400. The molecule has 1 amide bonds. The Labute approximate surface area is 107 Å². The Balaban J connectivity index is 2.64. The zero-order valence-corrected chi connectivity index (χ0v) is 11.1. The molecule has 1 aromatic rings. The summed E-state index contributed by atoms with van der Waals surface area (Å²) in [5.41, 5.74) is 5.29. The summed E-state index contributed by atoms with van der Waals surface area (Å²) in [7, 11) is 0. The van der Waals surface area contributed by atoms with Crippen LogP contribution in [0.15, 0.2) is 26.6 Å². The number of amides is 1. The molecule has 0 aromatic carbocycles. The Hall–Kier alpha value is -1.50. The third-order valence-corrected chi connectivity index (χ3v) is 2.97. The van der Waals surface area contributed by atoms with Gasteiger partial charge in [0.05, 0.1) is 11.8 Å². The van der Waals surface area contributed by atoms with E-state index in [2.05, 4.69) is 26.4 Å². The fourth-order valence-electron chi connectivity index (χ4n) is 1.08. The van der Waals surface area contributed by atoms with E-state index < -0.39 is 5.41 Å². The van der Waals surface area contributed by atoms with E-state index in [0.717, 1.165) is 0 Å². The van der Waals surface area contributed by atoms with Crippen LogP contribution in [0.3, 0.4) is 0 Å².